The van der Waals surface area contributed by atoms with Gasteiger partial charge in [0.2, 0.25) is 5.91 Å². The van der Waals surface area contributed by atoms with Crippen LogP contribution in [0, 0.1) is 20.8 Å². The summed E-state index contributed by atoms with van der Waals surface area (Å²) in [6.45, 7) is 5.63. The molecule has 3 aromatic rings. The van der Waals surface area contributed by atoms with Crippen LogP contribution >= 0.6 is 0 Å². The molecule has 26 heavy (non-hydrogen) atoms. The Bertz CT molecular complexity index is 1060. The third kappa shape index (κ3) is 3.20. The smallest absolute Gasteiger partial charge is 0.253 e. The summed E-state index contributed by atoms with van der Waals surface area (Å²) in [6.07, 6.45) is 0.450. The number of carbonyl (C=O) groups is 1. The molecular weight excluding hydrogens is 332 g/mol. The van der Waals surface area contributed by atoms with Crippen molar-refractivity contribution in [1.82, 2.24) is 14.8 Å². The Labute approximate surface area is 150 Å². The first-order chi connectivity index (χ1) is 12.3. The van der Waals surface area contributed by atoms with E-state index in [4.69, 9.17) is 0 Å². The van der Waals surface area contributed by atoms with Gasteiger partial charge in [0.15, 0.2) is 0 Å². The highest BCUT2D eigenvalue weighted by molar-refractivity contribution is 5.92. The normalized spacial score (nSPS) is 11.1. The second kappa shape index (κ2) is 6.67. The Balaban J connectivity index is 1.80. The fourth-order valence-electron chi connectivity index (χ4n) is 3.25. The molecule has 136 valence electrons. The van der Waals surface area contributed by atoms with Gasteiger partial charge in [0, 0.05) is 24.4 Å². The number of benzene rings is 1. The van der Waals surface area contributed by atoms with Gasteiger partial charge < -0.3 is 15.4 Å². The number of phenols is 1. The number of aryl methyl sites for hydroxylation is 4. The van der Waals surface area contributed by atoms with Crippen molar-refractivity contribution in [3.05, 3.63) is 50.9 Å². The first kappa shape index (κ1) is 17.7. The highest BCUT2D eigenvalue weighted by Crippen LogP contribution is 2.24. The Morgan fingerprint density at radius 3 is 2.73 bits per heavy atom. The number of pyridine rings is 1. The van der Waals surface area contributed by atoms with E-state index in [1.165, 1.54) is 0 Å². The van der Waals surface area contributed by atoms with Crippen LogP contribution in [0.3, 0.4) is 0 Å². The van der Waals surface area contributed by atoms with Crippen LogP contribution in [0.15, 0.2) is 23.0 Å². The van der Waals surface area contributed by atoms with Gasteiger partial charge in [0.1, 0.15) is 11.4 Å². The molecule has 0 fully saturated rings. The molecule has 7 heteroatoms. The minimum Gasteiger partial charge on any atom is -0.506 e. The van der Waals surface area contributed by atoms with Gasteiger partial charge in [-0.3, -0.25) is 14.3 Å². The van der Waals surface area contributed by atoms with Crippen LogP contribution in [-0.4, -0.2) is 25.8 Å². The van der Waals surface area contributed by atoms with E-state index in [0.29, 0.717) is 23.3 Å². The lowest BCUT2D eigenvalue weighted by Gasteiger charge is -2.09. The fourth-order valence-corrected chi connectivity index (χ4v) is 3.25. The average Bonchev–Trinajstić information content (AvgIpc) is 2.84. The molecule has 0 unspecified atom stereocenters. The van der Waals surface area contributed by atoms with Crippen molar-refractivity contribution in [2.45, 2.75) is 33.6 Å². The molecule has 0 atom stereocenters. The highest BCUT2D eigenvalue weighted by atomic mass is 16.3. The third-order valence-corrected chi connectivity index (χ3v) is 4.59. The maximum absolute atomic E-state index is 12.4. The second-order valence-electron chi connectivity index (χ2n) is 6.56. The molecule has 0 radical (unpaired) electrons. The van der Waals surface area contributed by atoms with Crippen molar-refractivity contribution in [3.63, 3.8) is 0 Å². The Morgan fingerprint density at radius 1 is 1.31 bits per heavy atom. The molecule has 0 saturated heterocycles. The van der Waals surface area contributed by atoms with E-state index >= 15 is 0 Å². The Hall–Kier alpha value is -3.09. The summed E-state index contributed by atoms with van der Waals surface area (Å²) in [5.74, 6) is -0.231. The molecule has 0 aliphatic heterocycles. The molecular formula is C19H22N4O3. The number of aromatic amines is 1. The maximum Gasteiger partial charge on any atom is 0.253 e. The van der Waals surface area contributed by atoms with E-state index in [0.717, 1.165) is 22.2 Å². The molecule has 0 aliphatic carbocycles. The van der Waals surface area contributed by atoms with Gasteiger partial charge in [-0.1, -0.05) is 6.07 Å². The van der Waals surface area contributed by atoms with Gasteiger partial charge in [-0.25, -0.2) is 0 Å². The van der Waals surface area contributed by atoms with Crippen molar-refractivity contribution < 1.29 is 9.90 Å². The number of carbonyl (C=O) groups excluding carboxylic acids is 1. The Kier molecular flexibility index (Phi) is 4.54. The third-order valence-electron chi connectivity index (χ3n) is 4.59. The highest BCUT2D eigenvalue weighted by Gasteiger charge is 2.16. The standard InChI is InChI=1S/C19H22N4O3/c1-10-5-7-14(15(24)9-10)20-16(25)8-6-13-11(2)17-12(3)22-23(4)18(17)21-19(13)26/h5,7,9,24H,6,8H2,1-4H3,(H,20,25)(H,21,26). The molecule has 2 aromatic heterocycles. The summed E-state index contributed by atoms with van der Waals surface area (Å²) in [6, 6.07) is 5.05. The predicted molar refractivity (Wildman–Crippen MR) is 101 cm³/mol. The number of aromatic nitrogens is 3. The van der Waals surface area contributed by atoms with Crippen LogP contribution in [0.2, 0.25) is 0 Å². The SMILES string of the molecule is Cc1ccc(NC(=O)CCc2c(C)c3c(C)nn(C)c3[nH]c2=O)c(O)c1. The lowest BCUT2D eigenvalue weighted by atomic mass is 10.0. The second-order valence-corrected chi connectivity index (χ2v) is 6.56. The van der Waals surface area contributed by atoms with Crippen LogP contribution < -0.4 is 10.9 Å². The monoisotopic (exact) mass is 354 g/mol. The fraction of sp³-hybridized carbons (Fsp3) is 0.316. The van der Waals surface area contributed by atoms with Crippen molar-refractivity contribution in [2.75, 3.05) is 5.32 Å². The largest absolute Gasteiger partial charge is 0.506 e. The lowest BCUT2D eigenvalue weighted by molar-refractivity contribution is -0.116. The van der Waals surface area contributed by atoms with E-state index in [2.05, 4.69) is 15.4 Å². The van der Waals surface area contributed by atoms with Crippen LogP contribution in [0.4, 0.5) is 5.69 Å². The van der Waals surface area contributed by atoms with Crippen LogP contribution in [0.5, 0.6) is 5.75 Å². The molecule has 2 heterocycles. The number of hydrogen-bond acceptors (Lipinski definition) is 4. The summed E-state index contributed by atoms with van der Waals surface area (Å²) in [7, 11) is 1.78. The molecule has 0 aliphatic rings. The minimum atomic E-state index is -0.258. The molecule has 1 amide bonds. The minimum absolute atomic E-state index is 0.0276. The lowest BCUT2D eigenvalue weighted by Crippen LogP contribution is -2.19. The van der Waals surface area contributed by atoms with E-state index in [1.54, 1.807) is 23.9 Å². The number of fused-ring (bicyclic) bond motifs is 1. The van der Waals surface area contributed by atoms with E-state index in [-0.39, 0.29) is 23.6 Å². The topological polar surface area (TPSA) is 100 Å². The molecule has 0 saturated carbocycles. The zero-order chi connectivity index (χ0) is 19.0. The van der Waals surface area contributed by atoms with Crippen LogP contribution in [0.25, 0.3) is 11.0 Å². The number of aromatic hydroxyl groups is 1. The number of anilines is 1. The maximum atomic E-state index is 12.4. The van der Waals surface area contributed by atoms with Gasteiger partial charge in [-0.15, -0.1) is 0 Å². The molecule has 3 rings (SSSR count). The zero-order valence-corrected chi connectivity index (χ0v) is 15.3. The first-order valence-electron chi connectivity index (χ1n) is 8.42. The number of rotatable bonds is 4. The average molecular weight is 354 g/mol. The van der Waals surface area contributed by atoms with Gasteiger partial charge in [0.05, 0.1) is 11.4 Å². The number of nitrogens with one attached hydrogen (secondary N) is 2. The molecule has 7 nitrogen and oxygen atoms in total. The van der Waals surface area contributed by atoms with Crippen molar-refractivity contribution in [2.24, 2.45) is 7.05 Å². The van der Waals surface area contributed by atoms with Gasteiger partial charge in [-0.2, -0.15) is 5.10 Å². The summed E-state index contributed by atoms with van der Waals surface area (Å²) in [4.78, 5) is 27.5. The summed E-state index contributed by atoms with van der Waals surface area (Å²) in [5, 5.41) is 17.8. The quantitative estimate of drug-likeness (QED) is 0.627. The van der Waals surface area contributed by atoms with Crippen molar-refractivity contribution in [1.29, 1.82) is 0 Å². The zero-order valence-electron chi connectivity index (χ0n) is 15.3. The van der Waals surface area contributed by atoms with E-state index in [1.807, 2.05) is 26.8 Å². The molecule has 1 aromatic carbocycles. The van der Waals surface area contributed by atoms with E-state index in [9.17, 15) is 14.7 Å². The summed E-state index contributed by atoms with van der Waals surface area (Å²) < 4.78 is 1.65. The van der Waals surface area contributed by atoms with Gasteiger partial charge in [0.25, 0.3) is 5.56 Å². The van der Waals surface area contributed by atoms with Crippen LogP contribution in [-0.2, 0) is 18.3 Å². The molecule has 3 N–H and O–H groups in total. The number of nitrogens with zero attached hydrogens (tertiary/aromatic N) is 2. The van der Waals surface area contributed by atoms with Crippen molar-refractivity contribution in [3.8, 4) is 5.75 Å². The summed E-state index contributed by atoms with van der Waals surface area (Å²) >= 11 is 0. The van der Waals surface area contributed by atoms with E-state index < -0.39 is 0 Å². The number of phenolic OH excluding ortho intramolecular Hbond substituents is 1. The number of H-pyrrole nitrogens is 1. The first-order valence-corrected chi connectivity index (χ1v) is 8.42. The number of hydrogen-bond donors (Lipinski definition) is 3. The summed E-state index contributed by atoms with van der Waals surface area (Å²) in [5.41, 5.74) is 4.02. The Morgan fingerprint density at radius 2 is 2.04 bits per heavy atom. The molecule has 0 bridgehead atoms. The molecule has 0 spiro atoms. The number of amides is 1. The van der Waals surface area contributed by atoms with Gasteiger partial charge in [-0.05, 0) is 50.5 Å². The van der Waals surface area contributed by atoms with Gasteiger partial charge >= 0.3 is 0 Å². The van der Waals surface area contributed by atoms with Crippen LogP contribution in [0.1, 0.15) is 28.8 Å². The predicted octanol–water partition coefficient (Wildman–Crippen LogP) is 2.46. The van der Waals surface area contributed by atoms with Crippen molar-refractivity contribution >= 4 is 22.6 Å².